The van der Waals surface area contributed by atoms with Crippen molar-refractivity contribution in [3.05, 3.63) is 80.4 Å². The number of rotatable bonds is 8. The lowest BCUT2D eigenvalue weighted by Crippen LogP contribution is -2.23. The van der Waals surface area contributed by atoms with Crippen molar-refractivity contribution in [1.82, 2.24) is 9.55 Å². The Labute approximate surface area is 193 Å². The second kappa shape index (κ2) is 9.77. The highest BCUT2D eigenvalue weighted by Gasteiger charge is 2.14. The summed E-state index contributed by atoms with van der Waals surface area (Å²) in [5.41, 5.74) is 2.79. The van der Waals surface area contributed by atoms with E-state index >= 15 is 0 Å². The van der Waals surface area contributed by atoms with E-state index in [0.29, 0.717) is 45.1 Å². The first kappa shape index (κ1) is 21.7. The van der Waals surface area contributed by atoms with E-state index in [4.69, 9.17) is 26.1 Å². The minimum Gasteiger partial charge on any atom is -0.493 e. The molecular weight excluding hydrogens is 452 g/mol. The van der Waals surface area contributed by atoms with Crippen LogP contribution >= 0.6 is 34.7 Å². The number of thiophene rings is 1. The number of ether oxygens (including phenoxy) is 2. The molecule has 2 aromatic carbocycles. The van der Waals surface area contributed by atoms with Crippen LogP contribution in [-0.4, -0.2) is 23.8 Å². The first-order chi connectivity index (χ1) is 15.1. The number of thioether (sulfide) groups is 1. The Morgan fingerprint density at radius 1 is 1.10 bits per heavy atom. The number of halogens is 1. The molecule has 5 nitrogen and oxygen atoms in total. The van der Waals surface area contributed by atoms with Gasteiger partial charge in [-0.25, -0.2) is 4.98 Å². The standard InChI is InChI=1S/C23H21ClN2O3S2/c1-28-19-8-7-15(13-20(19)29-2)9-11-26-22(27)21-18(10-12-30-21)25-23(26)31-14-16-5-3-4-6-17(16)24/h3-8,10,12-13H,9,11,14H2,1-2H3. The summed E-state index contributed by atoms with van der Waals surface area (Å²) < 4.78 is 13.2. The summed E-state index contributed by atoms with van der Waals surface area (Å²) in [6.07, 6.45) is 0.665. The van der Waals surface area contributed by atoms with Crippen molar-refractivity contribution in [3.8, 4) is 11.5 Å². The molecule has 0 fully saturated rings. The molecule has 0 N–H and O–H groups in total. The summed E-state index contributed by atoms with van der Waals surface area (Å²) in [6.45, 7) is 0.514. The second-order valence-corrected chi connectivity index (χ2v) is 9.07. The third-order valence-corrected chi connectivity index (χ3v) is 7.20. The smallest absolute Gasteiger partial charge is 0.272 e. The van der Waals surface area contributed by atoms with E-state index in [1.54, 1.807) is 18.8 Å². The van der Waals surface area contributed by atoms with E-state index in [2.05, 4.69) is 0 Å². The fraction of sp³-hybridized carbons (Fsp3) is 0.217. The predicted molar refractivity (Wildman–Crippen MR) is 128 cm³/mol. The SMILES string of the molecule is COc1ccc(CCn2c(SCc3ccccc3Cl)nc3ccsc3c2=O)cc1OC. The summed E-state index contributed by atoms with van der Waals surface area (Å²) in [7, 11) is 3.23. The molecule has 0 radical (unpaired) electrons. The highest BCUT2D eigenvalue weighted by Crippen LogP contribution is 2.29. The Morgan fingerprint density at radius 2 is 1.90 bits per heavy atom. The number of benzene rings is 2. The van der Waals surface area contributed by atoms with Gasteiger partial charge in [0, 0.05) is 17.3 Å². The van der Waals surface area contributed by atoms with Crippen molar-refractivity contribution < 1.29 is 9.47 Å². The van der Waals surface area contributed by atoms with Crippen molar-refractivity contribution in [3.63, 3.8) is 0 Å². The molecule has 4 rings (SSSR count). The normalized spacial score (nSPS) is 11.1. The number of hydrogen-bond donors (Lipinski definition) is 0. The van der Waals surface area contributed by atoms with E-state index in [1.165, 1.54) is 23.1 Å². The van der Waals surface area contributed by atoms with Crippen LogP contribution in [0.5, 0.6) is 11.5 Å². The van der Waals surface area contributed by atoms with Crippen LogP contribution in [0.4, 0.5) is 0 Å². The van der Waals surface area contributed by atoms with Gasteiger partial charge >= 0.3 is 0 Å². The largest absolute Gasteiger partial charge is 0.493 e. The van der Waals surface area contributed by atoms with E-state index < -0.39 is 0 Å². The first-order valence-electron chi connectivity index (χ1n) is 9.66. The summed E-state index contributed by atoms with van der Waals surface area (Å²) in [5, 5.41) is 3.31. The molecule has 31 heavy (non-hydrogen) atoms. The van der Waals surface area contributed by atoms with Crippen molar-refractivity contribution in [2.24, 2.45) is 0 Å². The Kier molecular flexibility index (Phi) is 6.85. The maximum atomic E-state index is 13.2. The molecule has 2 aromatic heterocycles. The quantitative estimate of drug-likeness (QED) is 0.244. The molecule has 0 bridgehead atoms. The monoisotopic (exact) mass is 472 g/mol. The molecule has 8 heteroatoms. The van der Waals surface area contributed by atoms with Gasteiger partial charge in [-0.15, -0.1) is 11.3 Å². The average molecular weight is 473 g/mol. The van der Waals surface area contributed by atoms with Gasteiger partial charge in [0.1, 0.15) is 4.70 Å². The van der Waals surface area contributed by atoms with Gasteiger partial charge in [0.15, 0.2) is 16.7 Å². The van der Waals surface area contributed by atoms with Crippen LogP contribution in [-0.2, 0) is 18.7 Å². The number of methoxy groups -OCH3 is 2. The fourth-order valence-corrected chi connectivity index (χ4v) is 5.36. The molecule has 0 unspecified atom stereocenters. The molecule has 0 spiro atoms. The van der Waals surface area contributed by atoms with Crippen LogP contribution in [0.15, 0.2) is 63.9 Å². The van der Waals surface area contributed by atoms with Crippen LogP contribution in [0.25, 0.3) is 10.2 Å². The van der Waals surface area contributed by atoms with Crippen molar-refractivity contribution in [2.45, 2.75) is 23.9 Å². The van der Waals surface area contributed by atoms with Crippen LogP contribution in [0, 0.1) is 0 Å². The van der Waals surface area contributed by atoms with Crippen molar-refractivity contribution in [1.29, 1.82) is 0 Å². The van der Waals surface area contributed by atoms with E-state index in [-0.39, 0.29) is 5.56 Å². The van der Waals surface area contributed by atoms with Gasteiger partial charge in [-0.05, 0) is 47.2 Å². The fourth-order valence-electron chi connectivity index (χ4n) is 3.27. The van der Waals surface area contributed by atoms with Gasteiger partial charge < -0.3 is 9.47 Å². The molecule has 0 saturated carbocycles. The van der Waals surface area contributed by atoms with Gasteiger partial charge in [0.05, 0.1) is 19.7 Å². The summed E-state index contributed by atoms with van der Waals surface area (Å²) in [6, 6.07) is 15.4. The van der Waals surface area contributed by atoms with Crippen LogP contribution in [0.1, 0.15) is 11.1 Å². The van der Waals surface area contributed by atoms with E-state index in [1.807, 2.05) is 53.9 Å². The molecule has 2 heterocycles. The van der Waals surface area contributed by atoms with Gasteiger partial charge in [0.25, 0.3) is 5.56 Å². The lowest BCUT2D eigenvalue weighted by atomic mass is 10.1. The predicted octanol–water partition coefficient (Wildman–Crippen LogP) is 5.66. The van der Waals surface area contributed by atoms with Gasteiger partial charge in [-0.2, -0.15) is 0 Å². The van der Waals surface area contributed by atoms with E-state index in [9.17, 15) is 4.79 Å². The molecule has 0 aliphatic carbocycles. The third-order valence-electron chi connectivity index (χ3n) is 4.92. The zero-order chi connectivity index (χ0) is 21.8. The highest BCUT2D eigenvalue weighted by atomic mass is 35.5. The average Bonchev–Trinajstić information content (AvgIpc) is 3.27. The molecule has 0 atom stereocenters. The lowest BCUT2D eigenvalue weighted by Gasteiger charge is -2.13. The first-order valence-corrected chi connectivity index (χ1v) is 11.9. The number of nitrogens with zero attached hydrogens (tertiary/aromatic N) is 2. The van der Waals surface area contributed by atoms with Crippen molar-refractivity contribution in [2.75, 3.05) is 14.2 Å². The number of hydrogen-bond acceptors (Lipinski definition) is 6. The Morgan fingerprint density at radius 3 is 2.68 bits per heavy atom. The molecule has 0 aliphatic rings. The Hall–Kier alpha value is -2.48. The minimum atomic E-state index is -0.0119. The zero-order valence-corrected chi connectivity index (χ0v) is 19.5. The zero-order valence-electron chi connectivity index (χ0n) is 17.1. The molecule has 4 aromatic rings. The highest BCUT2D eigenvalue weighted by molar-refractivity contribution is 7.98. The second-order valence-electron chi connectivity index (χ2n) is 6.81. The maximum Gasteiger partial charge on any atom is 0.272 e. The summed E-state index contributed by atoms with van der Waals surface area (Å²) >= 11 is 9.26. The lowest BCUT2D eigenvalue weighted by molar-refractivity contribution is 0.354. The molecule has 0 saturated heterocycles. The molecule has 160 valence electrons. The number of aromatic nitrogens is 2. The molecule has 0 aliphatic heterocycles. The van der Waals surface area contributed by atoms with Crippen LogP contribution < -0.4 is 15.0 Å². The third kappa shape index (κ3) is 4.74. The number of aryl methyl sites for hydroxylation is 1. The Bertz CT molecular complexity index is 1270. The number of fused-ring (bicyclic) bond motifs is 1. The topological polar surface area (TPSA) is 53.4 Å². The van der Waals surface area contributed by atoms with Crippen LogP contribution in [0.3, 0.4) is 0 Å². The van der Waals surface area contributed by atoms with Crippen molar-refractivity contribution >= 4 is 44.9 Å². The minimum absolute atomic E-state index is 0.0119. The molecule has 0 amide bonds. The molecular formula is C23H21ClN2O3S2. The van der Waals surface area contributed by atoms with E-state index in [0.717, 1.165) is 16.6 Å². The maximum absolute atomic E-state index is 13.2. The van der Waals surface area contributed by atoms with Crippen LogP contribution in [0.2, 0.25) is 5.02 Å². The summed E-state index contributed by atoms with van der Waals surface area (Å²) in [5.74, 6) is 1.99. The summed E-state index contributed by atoms with van der Waals surface area (Å²) in [4.78, 5) is 17.9. The van der Waals surface area contributed by atoms with Gasteiger partial charge in [-0.3, -0.25) is 9.36 Å². The van der Waals surface area contributed by atoms with Gasteiger partial charge in [-0.1, -0.05) is 47.6 Å². The Balaban J connectivity index is 1.63. The van der Waals surface area contributed by atoms with Gasteiger partial charge in [0.2, 0.25) is 0 Å².